The molecular formula is C31H31NO12. The van der Waals surface area contributed by atoms with Crippen molar-refractivity contribution in [2.24, 2.45) is 0 Å². The molecule has 2 aromatic carbocycles. The smallest absolute Gasteiger partial charge is 0.303 e. The van der Waals surface area contributed by atoms with Crippen LogP contribution in [0, 0.1) is 0 Å². The number of hydrogen-bond donors (Lipinski definition) is 1. The lowest BCUT2D eigenvalue weighted by Crippen LogP contribution is -2.63. The van der Waals surface area contributed by atoms with Crippen molar-refractivity contribution in [1.29, 1.82) is 0 Å². The minimum absolute atomic E-state index is 0.00820. The third-order valence-corrected chi connectivity index (χ3v) is 6.50. The van der Waals surface area contributed by atoms with Gasteiger partial charge in [0.25, 0.3) is 0 Å². The molecule has 0 radical (unpaired) electrons. The van der Waals surface area contributed by atoms with Crippen LogP contribution in [0.15, 0.2) is 54.7 Å². The van der Waals surface area contributed by atoms with Crippen molar-refractivity contribution in [2.45, 2.75) is 64.8 Å². The Bertz CT molecular complexity index is 1570. The first-order chi connectivity index (χ1) is 20.9. The van der Waals surface area contributed by atoms with Crippen LogP contribution in [0.1, 0.15) is 43.7 Å². The summed E-state index contributed by atoms with van der Waals surface area (Å²) in [5, 5.41) is 12.6. The Morgan fingerprint density at radius 3 is 2.07 bits per heavy atom. The molecule has 4 rings (SSSR count). The van der Waals surface area contributed by atoms with Gasteiger partial charge in [0.15, 0.2) is 18.0 Å². The first kappa shape index (κ1) is 31.9. The van der Waals surface area contributed by atoms with Crippen molar-refractivity contribution in [3.05, 3.63) is 66.0 Å². The summed E-state index contributed by atoms with van der Waals surface area (Å²) in [4.78, 5) is 64.8. The Kier molecular flexibility index (Phi) is 10.1. The number of phenols is 1. The van der Waals surface area contributed by atoms with Crippen LogP contribution in [0.4, 0.5) is 0 Å². The van der Waals surface area contributed by atoms with Crippen LogP contribution in [-0.2, 0) is 49.3 Å². The fraction of sp³-hybridized carbons (Fsp3) is 0.355. The minimum atomic E-state index is -1.50. The van der Waals surface area contributed by atoms with Gasteiger partial charge in [-0.05, 0) is 23.6 Å². The highest BCUT2D eigenvalue weighted by Gasteiger charge is 2.53. The van der Waals surface area contributed by atoms with E-state index in [2.05, 4.69) is 4.98 Å². The van der Waals surface area contributed by atoms with Gasteiger partial charge in [-0.3, -0.25) is 29.0 Å². The summed E-state index contributed by atoms with van der Waals surface area (Å²) in [5.74, 6) is -3.84. The fourth-order valence-corrected chi connectivity index (χ4v) is 4.72. The number of phenolic OH excluding ortho intramolecular Hbond substituents is 1. The number of ether oxygens (including phenoxy) is 6. The molecule has 0 spiro atoms. The number of nitrogens with zero attached hydrogens (tertiary/aromatic N) is 1. The van der Waals surface area contributed by atoms with E-state index in [-0.39, 0.29) is 17.7 Å². The fourth-order valence-electron chi connectivity index (χ4n) is 4.72. The van der Waals surface area contributed by atoms with Crippen molar-refractivity contribution >= 4 is 40.4 Å². The normalized spacial score (nSPS) is 21.1. The number of carbonyl (C=O) groups is 5. The number of fused-ring (bicyclic) bond motifs is 1. The number of ketones is 1. The molecule has 0 saturated carbocycles. The Labute approximate surface area is 252 Å². The molecule has 1 fully saturated rings. The van der Waals surface area contributed by atoms with Gasteiger partial charge in [-0.1, -0.05) is 24.3 Å². The molecule has 1 aliphatic rings. The summed E-state index contributed by atoms with van der Waals surface area (Å²) in [6, 6.07) is 13.3. The molecule has 3 aromatic rings. The predicted octanol–water partition coefficient (Wildman–Crippen LogP) is 2.83. The summed E-state index contributed by atoms with van der Waals surface area (Å²) in [5.41, 5.74) is 0.528. The van der Waals surface area contributed by atoms with Crippen molar-refractivity contribution < 1.29 is 57.5 Å². The first-order valence-corrected chi connectivity index (χ1v) is 13.6. The monoisotopic (exact) mass is 609 g/mol. The second kappa shape index (κ2) is 14.0. The number of benzene rings is 2. The van der Waals surface area contributed by atoms with Crippen molar-refractivity contribution in [1.82, 2.24) is 4.98 Å². The predicted molar refractivity (Wildman–Crippen MR) is 150 cm³/mol. The van der Waals surface area contributed by atoms with Crippen molar-refractivity contribution in [3.8, 4) is 11.5 Å². The molecular weight excluding hydrogens is 578 g/mol. The van der Waals surface area contributed by atoms with E-state index in [1.807, 2.05) is 24.3 Å². The molecule has 0 amide bonds. The highest BCUT2D eigenvalue weighted by atomic mass is 16.7. The van der Waals surface area contributed by atoms with Gasteiger partial charge in [0, 0.05) is 51.0 Å². The number of hydrogen-bond acceptors (Lipinski definition) is 13. The van der Waals surface area contributed by atoms with Crippen LogP contribution in [0.2, 0.25) is 0 Å². The summed E-state index contributed by atoms with van der Waals surface area (Å²) in [6.07, 6.45) is -5.36. The van der Waals surface area contributed by atoms with E-state index < -0.39 is 72.7 Å². The molecule has 1 aromatic heterocycles. The zero-order valence-electron chi connectivity index (χ0n) is 24.4. The number of carbonyl (C=O) groups excluding carboxylic acids is 5. The number of pyridine rings is 1. The number of rotatable bonds is 10. The first-order valence-electron chi connectivity index (χ1n) is 13.6. The molecule has 0 aliphatic carbocycles. The topological polar surface area (TPSA) is 174 Å². The summed E-state index contributed by atoms with van der Waals surface area (Å²) in [6.45, 7) is 4.04. The van der Waals surface area contributed by atoms with Crippen molar-refractivity contribution in [3.63, 3.8) is 0 Å². The molecule has 1 aliphatic heterocycles. The van der Waals surface area contributed by atoms with Gasteiger partial charge in [-0.25, -0.2) is 0 Å². The maximum Gasteiger partial charge on any atom is 0.303 e. The SMILES string of the molecule is CC(=O)OC[C@H]1O[C@@H](Oc2ccc(C(=O)Cc3cc4ccccc4cn3)c(O)c2)[C@@H](OC(C)=O)[C@@H](OC(C)=O)[C@@H]1OC(C)=O. The zero-order valence-corrected chi connectivity index (χ0v) is 24.4. The number of aromatic hydroxyl groups is 1. The van der Waals surface area contributed by atoms with Crippen LogP contribution in [0.25, 0.3) is 10.8 Å². The number of Topliss-reactive ketones (excluding diaryl/α,β-unsaturated/α-hetero) is 1. The zero-order chi connectivity index (χ0) is 32.0. The molecule has 2 heterocycles. The molecule has 13 heteroatoms. The second-order valence-electron chi connectivity index (χ2n) is 9.99. The molecule has 44 heavy (non-hydrogen) atoms. The highest BCUT2D eigenvalue weighted by Crippen LogP contribution is 2.33. The van der Waals surface area contributed by atoms with E-state index in [0.29, 0.717) is 5.69 Å². The van der Waals surface area contributed by atoms with Gasteiger partial charge in [-0.2, -0.15) is 0 Å². The van der Waals surface area contributed by atoms with E-state index in [1.54, 1.807) is 12.3 Å². The van der Waals surface area contributed by atoms with Crippen molar-refractivity contribution in [2.75, 3.05) is 6.61 Å². The second-order valence-corrected chi connectivity index (χ2v) is 9.99. The average Bonchev–Trinajstić information content (AvgIpc) is 2.94. The molecule has 13 nitrogen and oxygen atoms in total. The largest absolute Gasteiger partial charge is 0.507 e. The average molecular weight is 610 g/mol. The number of esters is 4. The van der Waals surface area contributed by atoms with Gasteiger partial charge in [0.1, 0.15) is 24.2 Å². The number of aromatic nitrogens is 1. The van der Waals surface area contributed by atoms with Gasteiger partial charge in [-0.15, -0.1) is 0 Å². The van der Waals surface area contributed by atoms with Crippen LogP contribution in [0.3, 0.4) is 0 Å². The van der Waals surface area contributed by atoms with Gasteiger partial charge in [0.2, 0.25) is 12.4 Å². The van der Waals surface area contributed by atoms with E-state index in [4.69, 9.17) is 28.4 Å². The van der Waals surface area contributed by atoms with Gasteiger partial charge < -0.3 is 33.5 Å². The van der Waals surface area contributed by atoms with E-state index in [9.17, 15) is 29.1 Å². The molecule has 0 bridgehead atoms. The maximum absolute atomic E-state index is 13.0. The van der Waals surface area contributed by atoms with Gasteiger partial charge >= 0.3 is 23.9 Å². The Morgan fingerprint density at radius 1 is 0.795 bits per heavy atom. The third kappa shape index (κ3) is 8.07. The van der Waals surface area contributed by atoms with Gasteiger partial charge in [0.05, 0.1) is 12.0 Å². The minimum Gasteiger partial charge on any atom is -0.507 e. The molecule has 232 valence electrons. The quantitative estimate of drug-likeness (QED) is 0.202. The van der Waals surface area contributed by atoms with E-state index in [0.717, 1.165) is 44.5 Å². The highest BCUT2D eigenvalue weighted by molar-refractivity contribution is 6.00. The Hall–Kier alpha value is -5.04. The molecule has 1 saturated heterocycles. The lowest BCUT2D eigenvalue weighted by molar-refractivity contribution is -0.288. The Balaban J connectivity index is 1.59. The molecule has 1 N–H and O–H groups in total. The summed E-state index contributed by atoms with van der Waals surface area (Å²) >= 11 is 0. The molecule has 0 unspecified atom stereocenters. The standard InChI is InChI=1S/C31H31NO12/c1-16(33)39-15-27-28(40-17(2)34)29(41-18(3)35)30(42-19(4)36)31(44-27)43-23-9-10-24(26(38)13-23)25(37)12-22-11-20-7-5-6-8-21(20)14-32-22/h5-11,13-14,27-31,38H,12,15H2,1-4H3/t27-,28-,29+,30+,31-/m1/s1. The summed E-state index contributed by atoms with van der Waals surface area (Å²) in [7, 11) is 0. The van der Waals surface area contributed by atoms with E-state index >= 15 is 0 Å². The van der Waals surface area contributed by atoms with Crippen LogP contribution in [-0.4, -0.2) is 77.1 Å². The van der Waals surface area contributed by atoms with Crippen LogP contribution < -0.4 is 4.74 Å². The van der Waals surface area contributed by atoms with Crippen LogP contribution >= 0.6 is 0 Å². The Morgan fingerprint density at radius 2 is 1.43 bits per heavy atom. The lowest BCUT2D eigenvalue weighted by atomic mass is 9.98. The molecule has 5 atom stereocenters. The van der Waals surface area contributed by atoms with E-state index in [1.165, 1.54) is 12.1 Å². The summed E-state index contributed by atoms with van der Waals surface area (Å²) < 4.78 is 33.0. The lowest BCUT2D eigenvalue weighted by Gasteiger charge is -2.43. The van der Waals surface area contributed by atoms with Crippen LogP contribution in [0.5, 0.6) is 11.5 Å². The third-order valence-electron chi connectivity index (χ3n) is 6.50. The maximum atomic E-state index is 13.0.